The summed E-state index contributed by atoms with van der Waals surface area (Å²) >= 11 is 0. The molecule has 1 aliphatic rings. The molecule has 0 bridgehead atoms. The van der Waals surface area contributed by atoms with Crippen molar-refractivity contribution in [3.63, 3.8) is 0 Å². The van der Waals surface area contributed by atoms with Crippen LogP contribution >= 0.6 is 0 Å². The second kappa shape index (κ2) is 4.09. The average molecular weight is 229 g/mol. The zero-order valence-corrected chi connectivity index (χ0v) is 9.01. The molecule has 1 nitrogen and oxygen atoms in total. The van der Waals surface area contributed by atoms with Gasteiger partial charge in [0.25, 0.3) is 0 Å². The summed E-state index contributed by atoms with van der Waals surface area (Å²) in [7, 11) is 0. The van der Waals surface area contributed by atoms with Crippen molar-refractivity contribution >= 4 is 0 Å². The number of alkyl halides is 3. The van der Waals surface area contributed by atoms with E-state index in [2.05, 4.69) is 5.32 Å². The first-order chi connectivity index (χ1) is 7.47. The largest absolute Gasteiger partial charge is 0.416 e. The van der Waals surface area contributed by atoms with Crippen LogP contribution in [0.25, 0.3) is 0 Å². The molecule has 1 saturated carbocycles. The summed E-state index contributed by atoms with van der Waals surface area (Å²) in [5, 5.41) is 3.28. The van der Waals surface area contributed by atoms with Gasteiger partial charge in [0.05, 0.1) is 5.56 Å². The summed E-state index contributed by atoms with van der Waals surface area (Å²) in [6.07, 6.45) is -2.00. The van der Waals surface area contributed by atoms with Gasteiger partial charge in [-0.3, -0.25) is 0 Å². The molecule has 0 saturated heterocycles. The molecule has 0 unspecified atom stereocenters. The molecule has 1 aromatic rings. The molecular formula is C12H14F3N. The van der Waals surface area contributed by atoms with Gasteiger partial charge in [0, 0.05) is 12.1 Å². The van der Waals surface area contributed by atoms with E-state index in [1.807, 2.05) is 6.92 Å². The number of hydrogen-bond donors (Lipinski definition) is 1. The third-order valence-electron chi connectivity index (χ3n) is 2.78. The lowest BCUT2D eigenvalue weighted by atomic mass is 10.0. The molecule has 0 aromatic heterocycles. The first-order valence-corrected chi connectivity index (χ1v) is 5.40. The first-order valence-electron chi connectivity index (χ1n) is 5.40. The minimum atomic E-state index is -4.25. The maximum atomic E-state index is 12.5. The molecule has 4 heteroatoms. The molecule has 1 aromatic carbocycles. The van der Waals surface area contributed by atoms with Crippen molar-refractivity contribution in [1.29, 1.82) is 0 Å². The molecule has 1 N–H and O–H groups in total. The highest BCUT2D eigenvalue weighted by atomic mass is 19.4. The Morgan fingerprint density at radius 1 is 1.31 bits per heavy atom. The zero-order valence-electron chi connectivity index (χ0n) is 9.01. The average Bonchev–Trinajstić information content (AvgIpc) is 3.00. The zero-order chi connectivity index (χ0) is 11.8. The topological polar surface area (TPSA) is 12.0 Å². The number of halogens is 3. The Morgan fingerprint density at radius 2 is 2.00 bits per heavy atom. The molecule has 16 heavy (non-hydrogen) atoms. The van der Waals surface area contributed by atoms with Crippen LogP contribution in [0.4, 0.5) is 13.2 Å². The van der Waals surface area contributed by atoms with Crippen molar-refractivity contribution in [2.75, 3.05) is 0 Å². The van der Waals surface area contributed by atoms with Crippen LogP contribution in [0.1, 0.15) is 36.9 Å². The van der Waals surface area contributed by atoms with Gasteiger partial charge in [-0.1, -0.05) is 12.1 Å². The Hall–Kier alpha value is -1.03. The monoisotopic (exact) mass is 229 g/mol. The third kappa shape index (κ3) is 2.76. The van der Waals surface area contributed by atoms with Crippen LogP contribution in [0.5, 0.6) is 0 Å². The second-order valence-corrected chi connectivity index (χ2v) is 4.29. The molecule has 1 aliphatic carbocycles. The van der Waals surface area contributed by atoms with Crippen molar-refractivity contribution in [1.82, 2.24) is 5.32 Å². The third-order valence-corrected chi connectivity index (χ3v) is 2.78. The molecule has 1 fully saturated rings. The van der Waals surface area contributed by atoms with Crippen LogP contribution in [-0.4, -0.2) is 6.04 Å². The number of nitrogens with one attached hydrogen (secondary N) is 1. The Kier molecular flexibility index (Phi) is 2.93. The number of rotatable bonds is 3. The van der Waals surface area contributed by atoms with Gasteiger partial charge in [0.1, 0.15) is 0 Å². The molecule has 2 rings (SSSR count). The van der Waals surface area contributed by atoms with Gasteiger partial charge in [-0.2, -0.15) is 13.2 Å². The van der Waals surface area contributed by atoms with Gasteiger partial charge in [-0.05, 0) is 37.5 Å². The fourth-order valence-corrected chi connectivity index (χ4v) is 1.68. The van der Waals surface area contributed by atoms with Gasteiger partial charge in [-0.15, -0.1) is 0 Å². The van der Waals surface area contributed by atoms with E-state index in [1.165, 1.54) is 12.1 Å². The van der Waals surface area contributed by atoms with Crippen LogP contribution < -0.4 is 5.32 Å². The minimum absolute atomic E-state index is 0.0187. The van der Waals surface area contributed by atoms with Crippen LogP contribution in [-0.2, 0) is 6.18 Å². The SMILES string of the molecule is C[C@H](NC1CC1)c1cccc(C(F)(F)F)c1. The van der Waals surface area contributed by atoms with Gasteiger partial charge < -0.3 is 5.32 Å². The van der Waals surface area contributed by atoms with Crippen molar-refractivity contribution in [3.8, 4) is 0 Å². The molecule has 0 amide bonds. The Labute approximate surface area is 92.7 Å². The summed E-state index contributed by atoms with van der Waals surface area (Å²) in [6.45, 7) is 1.90. The van der Waals surface area contributed by atoms with Gasteiger partial charge in [0.2, 0.25) is 0 Å². The van der Waals surface area contributed by atoms with E-state index in [1.54, 1.807) is 6.07 Å². The van der Waals surface area contributed by atoms with E-state index in [0.29, 0.717) is 11.6 Å². The summed E-state index contributed by atoms with van der Waals surface area (Å²) in [5.41, 5.74) is 0.121. The predicted molar refractivity (Wildman–Crippen MR) is 56.0 cm³/mol. The van der Waals surface area contributed by atoms with E-state index >= 15 is 0 Å². The predicted octanol–water partition coefficient (Wildman–Crippen LogP) is 3.52. The van der Waals surface area contributed by atoms with E-state index in [0.717, 1.165) is 18.9 Å². The lowest BCUT2D eigenvalue weighted by Gasteiger charge is -2.15. The number of hydrogen-bond acceptors (Lipinski definition) is 1. The van der Waals surface area contributed by atoms with E-state index in [9.17, 15) is 13.2 Å². The summed E-state index contributed by atoms with van der Waals surface area (Å²) in [4.78, 5) is 0. The highest BCUT2D eigenvalue weighted by Crippen LogP contribution is 2.31. The minimum Gasteiger partial charge on any atom is -0.307 e. The molecule has 0 radical (unpaired) electrons. The second-order valence-electron chi connectivity index (χ2n) is 4.29. The maximum Gasteiger partial charge on any atom is 0.416 e. The van der Waals surface area contributed by atoms with Gasteiger partial charge >= 0.3 is 6.18 Å². The van der Waals surface area contributed by atoms with Gasteiger partial charge in [0.15, 0.2) is 0 Å². The quantitative estimate of drug-likeness (QED) is 0.836. The fourth-order valence-electron chi connectivity index (χ4n) is 1.68. The molecule has 1 atom stereocenters. The summed E-state index contributed by atoms with van der Waals surface area (Å²) in [5.74, 6) is 0. The van der Waals surface area contributed by atoms with Crippen molar-refractivity contribution in [2.24, 2.45) is 0 Å². The molecule has 0 aliphatic heterocycles. The standard InChI is InChI=1S/C12H14F3N/c1-8(16-11-5-6-11)9-3-2-4-10(7-9)12(13,14)15/h2-4,7-8,11,16H,5-6H2,1H3/t8-/m0/s1. The van der Waals surface area contributed by atoms with E-state index in [4.69, 9.17) is 0 Å². The maximum absolute atomic E-state index is 12.5. The van der Waals surface area contributed by atoms with Crippen LogP contribution in [0.3, 0.4) is 0 Å². The molecule has 0 spiro atoms. The van der Waals surface area contributed by atoms with Crippen molar-refractivity contribution < 1.29 is 13.2 Å². The van der Waals surface area contributed by atoms with Gasteiger partial charge in [-0.25, -0.2) is 0 Å². The summed E-state index contributed by atoms with van der Waals surface area (Å²) in [6, 6.07) is 5.99. The summed E-state index contributed by atoms with van der Waals surface area (Å²) < 4.78 is 37.5. The van der Waals surface area contributed by atoms with Crippen molar-refractivity contribution in [3.05, 3.63) is 35.4 Å². The molecule has 0 heterocycles. The fraction of sp³-hybridized carbons (Fsp3) is 0.500. The van der Waals surface area contributed by atoms with Crippen LogP contribution in [0, 0.1) is 0 Å². The lowest BCUT2D eigenvalue weighted by Crippen LogP contribution is -2.21. The van der Waals surface area contributed by atoms with Crippen LogP contribution in [0.15, 0.2) is 24.3 Å². The Morgan fingerprint density at radius 3 is 2.56 bits per heavy atom. The molecule has 88 valence electrons. The highest BCUT2D eigenvalue weighted by molar-refractivity contribution is 5.27. The van der Waals surface area contributed by atoms with Crippen molar-refractivity contribution in [2.45, 2.75) is 38.0 Å². The lowest BCUT2D eigenvalue weighted by molar-refractivity contribution is -0.137. The molecular weight excluding hydrogens is 215 g/mol. The van der Waals surface area contributed by atoms with E-state index in [-0.39, 0.29) is 6.04 Å². The highest BCUT2D eigenvalue weighted by Gasteiger charge is 2.31. The first kappa shape index (κ1) is 11.5. The smallest absolute Gasteiger partial charge is 0.307 e. The Bertz CT molecular complexity index is 369. The number of benzene rings is 1. The normalized spacial score (nSPS) is 18.5. The van der Waals surface area contributed by atoms with E-state index < -0.39 is 11.7 Å². The Balaban J connectivity index is 2.14. The van der Waals surface area contributed by atoms with Crippen LogP contribution in [0.2, 0.25) is 0 Å².